The van der Waals surface area contributed by atoms with Crippen LogP contribution < -0.4 is 4.90 Å². The molecule has 3 heterocycles. The van der Waals surface area contributed by atoms with Crippen LogP contribution in [-0.2, 0) is 4.74 Å². The summed E-state index contributed by atoms with van der Waals surface area (Å²) >= 11 is 0. The molecule has 1 saturated heterocycles. The maximum absolute atomic E-state index is 10.2. The van der Waals surface area contributed by atoms with E-state index in [0.29, 0.717) is 17.0 Å². The minimum absolute atomic E-state index is 0.374. The van der Waals surface area contributed by atoms with E-state index in [1.807, 2.05) is 13.8 Å². The summed E-state index contributed by atoms with van der Waals surface area (Å²) in [4.78, 5) is 14.9. The van der Waals surface area contributed by atoms with Gasteiger partial charge in [-0.05, 0) is 13.8 Å². The average Bonchev–Trinajstić information content (AvgIpc) is 3.11. The van der Waals surface area contributed by atoms with Gasteiger partial charge in [-0.2, -0.15) is 0 Å². The lowest BCUT2D eigenvalue weighted by atomic mass is 10.1. The molecule has 9 nitrogen and oxygen atoms in total. The monoisotopic (exact) mass is 323 g/mol. The molecule has 0 aromatic carbocycles. The second-order valence-corrected chi connectivity index (χ2v) is 5.42. The summed E-state index contributed by atoms with van der Waals surface area (Å²) in [5.74, 6) is 0.713. The molecule has 23 heavy (non-hydrogen) atoms. The van der Waals surface area contributed by atoms with Crippen molar-refractivity contribution in [3.8, 4) is 0 Å². The van der Waals surface area contributed by atoms with Crippen molar-refractivity contribution >= 4 is 17.0 Å². The molecule has 1 fully saturated rings. The molecule has 2 aromatic rings. The lowest BCUT2D eigenvalue weighted by molar-refractivity contribution is -0.0511. The second kappa shape index (κ2) is 6.36. The van der Waals surface area contributed by atoms with Gasteiger partial charge in [0.05, 0.1) is 12.9 Å². The van der Waals surface area contributed by atoms with Crippen molar-refractivity contribution in [2.45, 2.75) is 38.4 Å². The standard InChI is InChI=1S/C14H21N5O4/c1-3-18(4-2)12-9-13(16-6-15-12)19(7-17-9)14-11(22)10(21)8(5-20)23-14/h6-8,10-11,14,20-22H,3-5H2,1-2H3/t8-,10-,11+,14-/m1/s1. The topological polar surface area (TPSA) is 117 Å². The van der Waals surface area contributed by atoms with Gasteiger partial charge in [-0.15, -0.1) is 0 Å². The summed E-state index contributed by atoms with van der Waals surface area (Å²) < 4.78 is 7.10. The first-order valence-electron chi connectivity index (χ1n) is 7.67. The van der Waals surface area contributed by atoms with Crippen LogP contribution in [0.15, 0.2) is 12.7 Å². The van der Waals surface area contributed by atoms with Gasteiger partial charge >= 0.3 is 0 Å². The Bertz CT molecular complexity index is 674. The Morgan fingerprint density at radius 2 is 1.91 bits per heavy atom. The molecule has 2 aromatic heterocycles. The predicted octanol–water partition coefficient (Wildman–Crippen LogP) is -0.716. The lowest BCUT2D eigenvalue weighted by Gasteiger charge is -2.20. The Hall–Kier alpha value is -1.81. The fraction of sp³-hybridized carbons (Fsp3) is 0.643. The number of fused-ring (bicyclic) bond motifs is 1. The number of rotatable bonds is 5. The molecular weight excluding hydrogens is 302 g/mol. The highest BCUT2D eigenvalue weighted by Crippen LogP contribution is 2.32. The number of aliphatic hydroxyl groups excluding tert-OH is 3. The van der Waals surface area contributed by atoms with E-state index in [1.54, 1.807) is 4.57 Å². The largest absolute Gasteiger partial charge is 0.394 e. The molecule has 0 saturated carbocycles. The molecule has 0 radical (unpaired) electrons. The molecule has 1 aliphatic rings. The predicted molar refractivity (Wildman–Crippen MR) is 81.9 cm³/mol. The van der Waals surface area contributed by atoms with Crippen molar-refractivity contribution in [2.24, 2.45) is 0 Å². The normalized spacial score (nSPS) is 27.7. The van der Waals surface area contributed by atoms with Gasteiger partial charge in [-0.1, -0.05) is 0 Å². The molecule has 0 amide bonds. The second-order valence-electron chi connectivity index (χ2n) is 5.42. The van der Waals surface area contributed by atoms with Crippen LogP contribution in [0.5, 0.6) is 0 Å². The summed E-state index contributed by atoms with van der Waals surface area (Å²) in [6.45, 7) is 5.24. The van der Waals surface area contributed by atoms with Gasteiger partial charge in [0.1, 0.15) is 24.6 Å². The van der Waals surface area contributed by atoms with Crippen LogP contribution in [-0.4, -0.2) is 72.8 Å². The molecule has 9 heteroatoms. The number of hydrogen-bond acceptors (Lipinski definition) is 8. The molecular formula is C14H21N5O4. The van der Waals surface area contributed by atoms with E-state index in [0.717, 1.165) is 13.1 Å². The van der Waals surface area contributed by atoms with E-state index in [1.165, 1.54) is 12.7 Å². The van der Waals surface area contributed by atoms with Gasteiger partial charge in [0.25, 0.3) is 0 Å². The van der Waals surface area contributed by atoms with Gasteiger partial charge in [0.2, 0.25) is 0 Å². The summed E-state index contributed by atoms with van der Waals surface area (Å²) in [5.41, 5.74) is 1.12. The Balaban J connectivity index is 2.02. The third kappa shape index (κ3) is 2.55. The first-order valence-corrected chi connectivity index (χ1v) is 7.67. The zero-order valence-electron chi connectivity index (χ0n) is 13.1. The van der Waals surface area contributed by atoms with Crippen LogP contribution in [0.4, 0.5) is 5.82 Å². The van der Waals surface area contributed by atoms with Gasteiger partial charge in [0.15, 0.2) is 23.2 Å². The fourth-order valence-electron chi connectivity index (χ4n) is 2.89. The number of aromatic nitrogens is 4. The molecule has 3 rings (SSSR count). The van der Waals surface area contributed by atoms with Crippen molar-refractivity contribution in [1.82, 2.24) is 19.5 Å². The number of nitrogens with zero attached hydrogens (tertiary/aromatic N) is 5. The molecule has 0 aliphatic carbocycles. The zero-order chi connectivity index (χ0) is 16.6. The van der Waals surface area contributed by atoms with Crippen LogP contribution in [0.2, 0.25) is 0 Å². The van der Waals surface area contributed by atoms with Gasteiger partial charge in [-0.25, -0.2) is 15.0 Å². The third-order valence-corrected chi connectivity index (χ3v) is 4.19. The van der Waals surface area contributed by atoms with Crippen LogP contribution in [0.3, 0.4) is 0 Å². The number of anilines is 1. The smallest absolute Gasteiger partial charge is 0.167 e. The van der Waals surface area contributed by atoms with E-state index in [9.17, 15) is 15.3 Å². The van der Waals surface area contributed by atoms with E-state index >= 15 is 0 Å². The highest BCUT2D eigenvalue weighted by atomic mass is 16.6. The van der Waals surface area contributed by atoms with Crippen LogP contribution >= 0.6 is 0 Å². The van der Waals surface area contributed by atoms with Crippen molar-refractivity contribution in [3.63, 3.8) is 0 Å². The fourth-order valence-corrected chi connectivity index (χ4v) is 2.89. The van der Waals surface area contributed by atoms with Crippen LogP contribution in [0, 0.1) is 0 Å². The summed E-state index contributed by atoms with van der Waals surface area (Å²) in [7, 11) is 0. The Labute approximate surface area is 133 Å². The first kappa shape index (κ1) is 16.1. The average molecular weight is 323 g/mol. The molecule has 0 bridgehead atoms. The van der Waals surface area contributed by atoms with Gasteiger partial charge in [0, 0.05) is 13.1 Å². The first-order chi connectivity index (χ1) is 11.1. The van der Waals surface area contributed by atoms with E-state index in [-0.39, 0.29) is 6.61 Å². The number of aliphatic hydroxyl groups is 3. The highest BCUT2D eigenvalue weighted by molar-refractivity contribution is 5.83. The lowest BCUT2D eigenvalue weighted by Crippen LogP contribution is -2.33. The van der Waals surface area contributed by atoms with E-state index < -0.39 is 24.5 Å². The van der Waals surface area contributed by atoms with Crippen LogP contribution in [0.25, 0.3) is 11.2 Å². The highest BCUT2D eigenvalue weighted by Gasteiger charge is 2.44. The Kier molecular flexibility index (Phi) is 4.44. The molecule has 4 atom stereocenters. The van der Waals surface area contributed by atoms with Crippen molar-refractivity contribution in [1.29, 1.82) is 0 Å². The Morgan fingerprint density at radius 1 is 1.17 bits per heavy atom. The summed E-state index contributed by atoms with van der Waals surface area (Å²) in [5, 5.41) is 29.3. The van der Waals surface area contributed by atoms with Gasteiger partial charge in [-0.3, -0.25) is 4.57 Å². The van der Waals surface area contributed by atoms with Crippen molar-refractivity contribution in [3.05, 3.63) is 12.7 Å². The number of ether oxygens (including phenoxy) is 1. The zero-order valence-corrected chi connectivity index (χ0v) is 13.1. The maximum Gasteiger partial charge on any atom is 0.167 e. The molecule has 0 unspecified atom stereocenters. The van der Waals surface area contributed by atoms with Gasteiger partial charge < -0.3 is 25.0 Å². The minimum atomic E-state index is -1.17. The quantitative estimate of drug-likeness (QED) is 0.660. The van der Waals surface area contributed by atoms with E-state index in [2.05, 4.69) is 19.9 Å². The maximum atomic E-state index is 10.2. The number of imidazole rings is 1. The number of hydrogen-bond donors (Lipinski definition) is 3. The molecule has 0 spiro atoms. The third-order valence-electron chi connectivity index (χ3n) is 4.19. The van der Waals surface area contributed by atoms with E-state index in [4.69, 9.17) is 4.74 Å². The summed E-state index contributed by atoms with van der Waals surface area (Å²) in [6.07, 6.45) is -1.08. The Morgan fingerprint density at radius 3 is 2.52 bits per heavy atom. The van der Waals surface area contributed by atoms with Crippen LogP contribution in [0.1, 0.15) is 20.1 Å². The minimum Gasteiger partial charge on any atom is -0.394 e. The SMILES string of the molecule is CCN(CC)c1ncnc2c1ncn2[C@@H]1O[C@H](CO)[C@@H](O)[C@@H]1O. The molecule has 3 N–H and O–H groups in total. The molecule has 1 aliphatic heterocycles. The molecule has 126 valence electrons. The summed E-state index contributed by atoms with van der Waals surface area (Å²) in [6, 6.07) is 0. The van der Waals surface area contributed by atoms with Crippen molar-refractivity contribution in [2.75, 3.05) is 24.6 Å². The van der Waals surface area contributed by atoms with Crippen molar-refractivity contribution < 1.29 is 20.1 Å².